The zero-order valence-corrected chi connectivity index (χ0v) is 29.6. The van der Waals surface area contributed by atoms with Crippen LogP contribution in [0.5, 0.6) is 5.75 Å². The predicted octanol–water partition coefficient (Wildman–Crippen LogP) is 5.63. The first-order valence-electron chi connectivity index (χ1n) is 16.2. The Hall–Kier alpha value is -5.44. The van der Waals surface area contributed by atoms with Crippen molar-refractivity contribution >= 4 is 55.8 Å². The van der Waals surface area contributed by atoms with Gasteiger partial charge in [-0.25, -0.2) is 22.6 Å². The van der Waals surface area contributed by atoms with Gasteiger partial charge in [0.2, 0.25) is 5.91 Å². The second-order valence-corrected chi connectivity index (χ2v) is 14.7. The first-order valence-corrected chi connectivity index (χ1v) is 17.8. The number of anilines is 3. The van der Waals surface area contributed by atoms with Gasteiger partial charge in [0.15, 0.2) is 9.84 Å². The third kappa shape index (κ3) is 7.53. The molecule has 1 aliphatic heterocycles. The van der Waals surface area contributed by atoms with Crippen molar-refractivity contribution in [3.8, 4) is 5.75 Å². The number of amides is 2. The van der Waals surface area contributed by atoms with Crippen molar-refractivity contribution in [2.45, 2.75) is 49.4 Å². The van der Waals surface area contributed by atoms with E-state index in [0.29, 0.717) is 28.0 Å². The second kappa shape index (κ2) is 15.2. The molecule has 3 atom stereocenters. The number of esters is 1. The highest BCUT2D eigenvalue weighted by molar-refractivity contribution is 7.92. The van der Waals surface area contributed by atoms with Crippen molar-refractivity contribution in [2.75, 3.05) is 43.7 Å². The summed E-state index contributed by atoms with van der Waals surface area (Å²) in [7, 11) is -1.63. The molecule has 0 unspecified atom stereocenters. The van der Waals surface area contributed by atoms with E-state index in [9.17, 15) is 22.8 Å². The number of fused-ring (bicyclic) bond motifs is 1. The first-order chi connectivity index (χ1) is 24.3. The molecule has 4 aromatic rings. The smallest absolute Gasteiger partial charge is 0.411 e. The molecular weight excluding hydrogens is 681 g/mol. The minimum absolute atomic E-state index is 0.00996. The maximum absolute atomic E-state index is 15.8. The third-order valence-electron chi connectivity index (χ3n) is 8.81. The number of carbonyl (C=O) groups is 3. The number of ether oxygens (including phenoxy) is 3. The van der Waals surface area contributed by atoms with E-state index in [4.69, 9.17) is 19.9 Å². The molecule has 51 heavy (non-hydrogen) atoms. The van der Waals surface area contributed by atoms with Gasteiger partial charge in [-0.1, -0.05) is 0 Å². The Bertz CT molecular complexity index is 2080. The lowest BCUT2D eigenvalue weighted by molar-refractivity contribution is -0.147. The van der Waals surface area contributed by atoms with Crippen LogP contribution in [0.1, 0.15) is 50.4 Å². The van der Waals surface area contributed by atoms with Gasteiger partial charge in [-0.2, -0.15) is 0 Å². The maximum Gasteiger partial charge on any atom is 0.411 e. The number of rotatable bonds is 11. The van der Waals surface area contributed by atoms with Gasteiger partial charge in [0.05, 0.1) is 42.9 Å². The van der Waals surface area contributed by atoms with Crippen molar-refractivity contribution in [3.05, 3.63) is 83.8 Å². The molecule has 270 valence electrons. The monoisotopic (exact) mass is 721 g/mol. The maximum atomic E-state index is 15.8. The number of methoxy groups -OCH3 is 2. The molecule has 13 nitrogen and oxygen atoms in total. The summed E-state index contributed by atoms with van der Waals surface area (Å²) in [6, 6.07) is 12.5. The largest absolute Gasteiger partial charge is 0.494 e. The van der Waals surface area contributed by atoms with E-state index in [1.807, 2.05) is 0 Å². The molecule has 0 spiro atoms. The van der Waals surface area contributed by atoms with E-state index in [-0.39, 0.29) is 41.3 Å². The Balaban J connectivity index is 1.69. The van der Waals surface area contributed by atoms with Gasteiger partial charge in [0.1, 0.15) is 23.4 Å². The quantitative estimate of drug-likeness (QED) is 0.163. The molecule has 1 aromatic heterocycles. The van der Waals surface area contributed by atoms with Crippen LogP contribution in [0.4, 0.5) is 26.4 Å². The van der Waals surface area contributed by atoms with Crippen LogP contribution >= 0.6 is 0 Å². The fourth-order valence-electron chi connectivity index (χ4n) is 6.26. The summed E-state index contributed by atoms with van der Waals surface area (Å²) in [5.41, 5.74) is 6.70. The zero-order valence-electron chi connectivity index (χ0n) is 28.8. The summed E-state index contributed by atoms with van der Waals surface area (Å²) >= 11 is 0. The fraction of sp³-hybridized carbons (Fsp3) is 0.333. The normalized spacial score (nSPS) is 16.5. The van der Waals surface area contributed by atoms with Gasteiger partial charge in [0.25, 0.3) is 0 Å². The lowest BCUT2D eigenvalue weighted by Gasteiger charge is -2.33. The Morgan fingerprint density at radius 3 is 2.45 bits per heavy atom. The number of carbonyl (C=O) groups excluding carboxylic acids is 3. The van der Waals surface area contributed by atoms with E-state index >= 15 is 4.39 Å². The van der Waals surface area contributed by atoms with Crippen molar-refractivity contribution in [1.29, 1.82) is 0 Å². The summed E-state index contributed by atoms with van der Waals surface area (Å²) in [6.45, 7) is 5.07. The molecule has 2 amide bonds. The van der Waals surface area contributed by atoms with Crippen molar-refractivity contribution in [2.24, 2.45) is 5.92 Å². The van der Waals surface area contributed by atoms with Crippen LogP contribution in [0.3, 0.4) is 0 Å². The Kier molecular flexibility index (Phi) is 11.0. The molecule has 1 fully saturated rings. The molecule has 1 aliphatic rings. The summed E-state index contributed by atoms with van der Waals surface area (Å²) in [4.78, 5) is 45.8. The van der Waals surface area contributed by atoms with Gasteiger partial charge < -0.3 is 30.2 Å². The van der Waals surface area contributed by atoms with E-state index in [2.05, 4.69) is 15.6 Å². The third-order valence-corrected chi connectivity index (χ3v) is 11.0. The number of nitrogens with two attached hydrogens (primary N) is 1. The topological polar surface area (TPSA) is 179 Å². The van der Waals surface area contributed by atoms with E-state index in [1.54, 1.807) is 37.4 Å². The van der Waals surface area contributed by atoms with Crippen LogP contribution in [0.2, 0.25) is 0 Å². The highest BCUT2D eigenvalue weighted by Crippen LogP contribution is 2.44. The summed E-state index contributed by atoms with van der Waals surface area (Å²) in [5, 5.41) is 6.22. The van der Waals surface area contributed by atoms with E-state index in [1.165, 1.54) is 69.4 Å². The van der Waals surface area contributed by atoms with Crippen molar-refractivity contribution < 1.29 is 41.4 Å². The van der Waals surface area contributed by atoms with Crippen molar-refractivity contribution in [3.63, 3.8) is 0 Å². The van der Waals surface area contributed by atoms with E-state index < -0.39 is 56.9 Å². The Morgan fingerprint density at radius 2 is 1.76 bits per heavy atom. The van der Waals surface area contributed by atoms with Crippen LogP contribution < -0.4 is 21.1 Å². The number of hydrogen-bond acceptors (Lipinski definition) is 11. The highest BCUT2D eigenvalue weighted by atomic mass is 32.2. The molecule has 2 heterocycles. The molecule has 1 saturated heterocycles. The summed E-state index contributed by atoms with van der Waals surface area (Å²) in [6.07, 6.45) is 0.837. The van der Waals surface area contributed by atoms with Gasteiger partial charge in [-0.05, 0) is 98.8 Å². The molecule has 0 radical (unpaired) electrons. The van der Waals surface area contributed by atoms with Crippen LogP contribution in [0.25, 0.3) is 10.8 Å². The number of benzene rings is 3. The highest BCUT2D eigenvalue weighted by Gasteiger charge is 2.47. The van der Waals surface area contributed by atoms with Gasteiger partial charge in [0, 0.05) is 35.1 Å². The van der Waals surface area contributed by atoms with Gasteiger partial charge in [-0.3, -0.25) is 14.9 Å². The number of nitrogens with zero attached hydrogens (tertiary/aromatic N) is 2. The number of pyridine rings is 1. The molecule has 0 aliphatic carbocycles. The number of likely N-dealkylation sites (tertiary alicyclic amines) is 1. The minimum atomic E-state index is -4.01. The lowest BCUT2D eigenvalue weighted by atomic mass is 9.92. The number of sulfone groups is 1. The van der Waals surface area contributed by atoms with Gasteiger partial charge >= 0.3 is 12.1 Å². The zero-order chi connectivity index (χ0) is 37.0. The van der Waals surface area contributed by atoms with Crippen molar-refractivity contribution in [1.82, 2.24) is 9.88 Å². The number of aromatic nitrogens is 1. The van der Waals surface area contributed by atoms with Gasteiger partial charge in [-0.15, -0.1) is 0 Å². The summed E-state index contributed by atoms with van der Waals surface area (Å²) < 4.78 is 58.9. The molecular formula is C36H40FN5O8S. The summed E-state index contributed by atoms with van der Waals surface area (Å²) in [5.74, 6) is -2.41. The number of nitrogens with one attached hydrogen (secondary N) is 2. The fourth-order valence-corrected chi connectivity index (χ4v) is 7.53. The Labute approximate surface area is 295 Å². The SMILES string of the molecule is CCOc1ccc(F)c([C@H](Nc2ccc3c(N)nccc3c2)C(=O)N2CC[C@H](C(=O)OC)[C@@H]2c2cc(NC(=O)OC)ccc2S(=O)(=O)C(C)C)c1. The average molecular weight is 722 g/mol. The van der Waals surface area contributed by atoms with E-state index in [0.717, 1.165) is 0 Å². The number of nitrogen functional groups attached to an aromatic ring is 1. The predicted molar refractivity (Wildman–Crippen MR) is 189 cm³/mol. The molecule has 0 saturated carbocycles. The number of halogens is 1. The minimum Gasteiger partial charge on any atom is -0.494 e. The lowest BCUT2D eigenvalue weighted by Crippen LogP contribution is -2.40. The molecule has 15 heteroatoms. The molecule has 5 rings (SSSR count). The molecule has 4 N–H and O–H groups in total. The van der Waals surface area contributed by atoms with Crippen LogP contribution in [-0.2, 0) is 28.9 Å². The van der Waals surface area contributed by atoms with Crippen LogP contribution in [0.15, 0.2) is 71.8 Å². The number of hydrogen-bond donors (Lipinski definition) is 3. The average Bonchev–Trinajstić information content (AvgIpc) is 3.56. The van der Waals surface area contributed by atoms with Crippen LogP contribution in [0, 0.1) is 11.7 Å². The Morgan fingerprint density at radius 1 is 1.02 bits per heavy atom. The molecule has 3 aromatic carbocycles. The first kappa shape index (κ1) is 36.8. The second-order valence-electron chi connectivity index (χ2n) is 12.2. The van der Waals surface area contributed by atoms with Crippen LogP contribution in [-0.4, -0.2) is 68.9 Å². The standard InChI is InChI=1S/C36H40FN5O8S/c1-6-50-24-9-11-29(37)27(19-24)31(40-22-7-10-25-21(17-22)13-15-39-33(25)38)34(43)42-16-14-26(35(44)48-4)32(42)28-18-23(41-36(45)49-5)8-12-30(28)51(46,47)20(2)3/h7-13,15,17-20,26,31-32,40H,6,14,16H2,1-5H3,(H2,38,39)(H,41,45)/t26-,31-,32+/m0/s1. The molecule has 0 bridgehead atoms.